The molecule has 1 unspecified atom stereocenters. The summed E-state index contributed by atoms with van der Waals surface area (Å²) in [5.41, 5.74) is 0. The van der Waals surface area contributed by atoms with Gasteiger partial charge in [-0.1, -0.05) is 0 Å². The molecule has 0 aromatic rings. The second kappa shape index (κ2) is 10.5. The summed E-state index contributed by atoms with van der Waals surface area (Å²) in [6.07, 6.45) is -5.91. The van der Waals surface area contributed by atoms with Crippen molar-refractivity contribution in [3.63, 3.8) is 0 Å². The van der Waals surface area contributed by atoms with E-state index in [-0.39, 0.29) is 45.1 Å². The first-order chi connectivity index (χ1) is 11.3. The summed E-state index contributed by atoms with van der Waals surface area (Å²) in [5, 5.41) is 39.8. The van der Waals surface area contributed by atoms with Gasteiger partial charge in [0, 0.05) is 13.0 Å². The molecule has 0 saturated carbocycles. The maximum atomic E-state index is 11.2. The van der Waals surface area contributed by atoms with Crippen LogP contribution in [0.15, 0.2) is 0 Å². The average Bonchev–Trinajstić information content (AvgIpc) is 2.54. The molecule has 1 amide bonds. The summed E-state index contributed by atoms with van der Waals surface area (Å²) in [5.74, 6) is -1.39. The van der Waals surface area contributed by atoms with E-state index >= 15 is 0 Å². The Balaban J connectivity index is 2.06. The lowest BCUT2D eigenvalue weighted by molar-refractivity contribution is -0.294. The fourth-order valence-electron chi connectivity index (χ4n) is 2.05. The van der Waals surface area contributed by atoms with Crippen molar-refractivity contribution in [2.45, 2.75) is 50.5 Å². The molecule has 0 aliphatic carbocycles. The van der Waals surface area contributed by atoms with Gasteiger partial charge in [-0.2, -0.15) is 0 Å². The number of carboxylic acids is 1. The number of hydrogen-bond donors (Lipinski definition) is 5. The lowest BCUT2D eigenvalue weighted by Crippen LogP contribution is -2.57. The smallest absolute Gasteiger partial charge is 0.303 e. The zero-order valence-electron chi connectivity index (χ0n) is 13.5. The Labute approximate surface area is 139 Å². The van der Waals surface area contributed by atoms with Gasteiger partial charge in [0.25, 0.3) is 0 Å². The molecule has 5 atom stereocenters. The molecular formula is C14H25NO9. The number of nitrogens with one attached hydrogen (secondary N) is 1. The number of amides is 1. The molecular weight excluding hydrogens is 326 g/mol. The predicted octanol–water partition coefficient (Wildman–Crippen LogP) is -2.17. The Hall–Kier alpha value is -1.30. The van der Waals surface area contributed by atoms with Gasteiger partial charge in [-0.25, -0.2) is 0 Å². The second-order valence-electron chi connectivity index (χ2n) is 5.41. The first kappa shape index (κ1) is 20.7. The maximum absolute atomic E-state index is 11.2. The lowest BCUT2D eigenvalue weighted by atomic mass is 10.0. The Bertz CT molecular complexity index is 406. The number of ether oxygens (including phenoxy) is 3. The van der Waals surface area contributed by atoms with Crippen LogP contribution in [0.25, 0.3) is 0 Å². The minimum atomic E-state index is -1.36. The van der Waals surface area contributed by atoms with Crippen molar-refractivity contribution < 1.29 is 44.2 Å². The van der Waals surface area contributed by atoms with Crippen LogP contribution in [0.3, 0.4) is 0 Å². The van der Waals surface area contributed by atoms with Gasteiger partial charge in [0.15, 0.2) is 6.29 Å². The number of rotatable bonds is 10. The quantitative estimate of drug-likeness (QED) is 0.276. The third-order valence-corrected chi connectivity index (χ3v) is 3.45. The first-order valence-corrected chi connectivity index (χ1v) is 7.70. The van der Waals surface area contributed by atoms with Crippen molar-refractivity contribution in [2.75, 3.05) is 26.4 Å². The van der Waals surface area contributed by atoms with E-state index in [1.165, 1.54) is 0 Å². The number of carbonyl (C=O) groups excluding carboxylic acids is 1. The van der Waals surface area contributed by atoms with E-state index < -0.39 is 36.7 Å². The van der Waals surface area contributed by atoms with E-state index in [2.05, 4.69) is 5.32 Å². The van der Waals surface area contributed by atoms with Gasteiger partial charge < -0.3 is 40.0 Å². The molecule has 0 aromatic carbocycles. The monoisotopic (exact) mass is 351 g/mol. The molecule has 0 aromatic heterocycles. The zero-order valence-corrected chi connectivity index (χ0v) is 13.5. The zero-order chi connectivity index (χ0) is 18.1. The number of aliphatic carboxylic acids is 1. The lowest BCUT2D eigenvalue weighted by Gasteiger charge is -2.38. The Kier molecular flexibility index (Phi) is 9.11. The van der Waals surface area contributed by atoms with Crippen LogP contribution in [0.2, 0.25) is 0 Å². The van der Waals surface area contributed by atoms with E-state index in [1.807, 2.05) is 0 Å². The van der Waals surface area contributed by atoms with Gasteiger partial charge in [0.05, 0.1) is 32.3 Å². The number of hydrogen-bond acceptors (Lipinski definition) is 8. The summed E-state index contributed by atoms with van der Waals surface area (Å²) >= 11 is 0. The van der Waals surface area contributed by atoms with E-state index in [0.717, 1.165) is 0 Å². The molecule has 24 heavy (non-hydrogen) atoms. The van der Waals surface area contributed by atoms with E-state index in [0.29, 0.717) is 0 Å². The highest BCUT2D eigenvalue weighted by molar-refractivity contribution is 5.80. The summed E-state index contributed by atoms with van der Waals surface area (Å²) in [7, 11) is 0. The van der Waals surface area contributed by atoms with Gasteiger partial charge in [0.2, 0.25) is 5.91 Å². The van der Waals surface area contributed by atoms with Crippen LogP contribution in [0.1, 0.15) is 19.8 Å². The largest absolute Gasteiger partial charge is 0.481 e. The molecule has 140 valence electrons. The standard InChI is InChI=1S/C14H25NO9/c1-8-11(19)12(20)13(21)14(24-8)23-7-6-22-5-4-15-9(16)2-3-10(17)18/h8,11-14,19-21H,2-7H2,1H3,(H,15,16)(H,17,18)/t8-,11-,12+,13+,14?/m0/s1. The van der Waals surface area contributed by atoms with Crippen molar-refractivity contribution >= 4 is 11.9 Å². The van der Waals surface area contributed by atoms with Crippen molar-refractivity contribution in [1.82, 2.24) is 5.32 Å². The number of aliphatic hydroxyl groups is 3. The Morgan fingerprint density at radius 2 is 1.75 bits per heavy atom. The van der Waals surface area contributed by atoms with Gasteiger partial charge >= 0.3 is 5.97 Å². The third kappa shape index (κ3) is 7.07. The minimum Gasteiger partial charge on any atom is -0.481 e. The summed E-state index contributed by atoms with van der Waals surface area (Å²) < 4.78 is 15.7. The third-order valence-electron chi connectivity index (χ3n) is 3.45. The molecule has 0 bridgehead atoms. The molecule has 1 aliphatic rings. The second-order valence-corrected chi connectivity index (χ2v) is 5.41. The van der Waals surface area contributed by atoms with Gasteiger partial charge in [0.1, 0.15) is 18.3 Å². The van der Waals surface area contributed by atoms with E-state index in [9.17, 15) is 24.9 Å². The number of carboxylic acid groups (broad SMARTS) is 1. The van der Waals surface area contributed by atoms with Crippen LogP contribution in [0, 0.1) is 0 Å². The molecule has 1 saturated heterocycles. The van der Waals surface area contributed by atoms with Gasteiger partial charge in [-0.15, -0.1) is 0 Å². The highest BCUT2D eigenvalue weighted by Crippen LogP contribution is 2.21. The average molecular weight is 351 g/mol. The molecule has 10 heteroatoms. The first-order valence-electron chi connectivity index (χ1n) is 7.70. The van der Waals surface area contributed by atoms with Crippen LogP contribution in [-0.4, -0.2) is 89.4 Å². The molecule has 1 rings (SSSR count). The summed E-state index contributed by atoms with van der Waals surface area (Å²) in [4.78, 5) is 21.5. The fourth-order valence-corrected chi connectivity index (χ4v) is 2.05. The highest BCUT2D eigenvalue weighted by atomic mass is 16.7. The van der Waals surface area contributed by atoms with Gasteiger partial charge in [-0.05, 0) is 6.92 Å². The van der Waals surface area contributed by atoms with Crippen molar-refractivity contribution in [3.8, 4) is 0 Å². The van der Waals surface area contributed by atoms with Crippen molar-refractivity contribution in [3.05, 3.63) is 0 Å². The Morgan fingerprint density at radius 1 is 1.04 bits per heavy atom. The van der Waals surface area contributed by atoms with Crippen molar-refractivity contribution in [2.24, 2.45) is 0 Å². The van der Waals surface area contributed by atoms with Crippen LogP contribution < -0.4 is 5.32 Å². The SMILES string of the molecule is C[C@@H]1OC(OCCOCCNC(=O)CCC(=O)O)[C@H](O)[C@H](O)[C@H]1O. The molecule has 1 aliphatic heterocycles. The number of carbonyl (C=O) groups is 2. The Morgan fingerprint density at radius 3 is 2.42 bits per heavy atom. The molecule has 1 fully saturated rings. The summed E-state index contributed by atoms with van der Waals surface area (Å²) in [6.45, 7) is 2.27. The van der Waals surface area contributed by atoms with Crippen LogP contribution in [0.4, 0.5) is 0 Å². The van der Waals surface area contributed by atoms with Crippen LogP contribution in [-0.2, 0) is 23.8 Å². The molecule has 5 N–H and O–H groups in total. The van der Waals surface area contributed by atoms with Crippen LogP contribution >= 0.6 is 0 Å². The fraction of sp³-hybridized carbons (Fsp3) is 0.857. The normalized spacial score (nSPS) is 30.1. The molecule has 0 spiro atoms. The summed E-state index contributed by atoms with van der Waals surface area (Å²) in [6, 6.07) is 0. The maximum Gasteiger partial charge on any atom is 0.303 e. The molecule has 10 nitrogen and oxygen atoms in total. The van der Waals surface area contributed by atoms with Crippen LogP contribution in [0.5, 0.6) is 0 Å². The number of aliphatic hydroxyl groups excluding tert-OH is 3. The van der Waals surface area contributed by atoms with E-state index in [4.69, 9.17) is 19.3 Å². The molecule has 0 radical (unpaired) electrons. The predicted molar refractivity (Wildman–Crippen MR) is 79.0 cm³/mol. The van der Waals surface area contributed by atoms with Gasteiger partial charge in [-0.3, -0.25) is 9.59 Å². The topological polar surface area (TPSA) is 155 Å². The molecule has 1 heterocycles. The van der Waals surface area contributed by atoms with Crippen molar-refractivity contribution in [1.29, 1.82) is 0 Å². The highest BCUT2D eigenvalue weighted by Gasteiger charge is 2.42. The van der Waals surface area contributed by atoms with E-state index in [1.54, 1.807) is 6.92 Å². The minimum absolute atomic E-state index is 0.0816.